The van der Waals surface area contributed by atoms with E-state index in [-0.39, 0.29) is 0 Å². The van der Waals surface area contributed by atoms with E-state index in [2.05, 4.69) is 17.2 Å². The third kappa shape index (κ3) is 4.36. The van der Waals surface area contributed by atoms with Gasteiger partial charge in [-0.25, -0.2) is 0 Å². The lowest BCUT2D eigenvalue weighted by Gasteiger charge is -2.22. The van der Waals surface area contributed by atoms with Gasteiger partial charge in [-0.2, -0.15) is 10.2 Å². The molecule has 1 aliphatic carbocycles. The molecule has 0 aromatic rings. The van der Waals surface area contributed by atoms with Crippen molar-refractivity contribution in [3.63, 3.8) is 0 Å². The van der Waals surface area contributed by atoms with Crippen molar-refractivity contribution in [2.45, 2.75) is 58.2 Å². The van der Waals surface area contributed by atoms with Crippen LogP contribution in [-0.2, 0) is 0 Å². The normalized spacial score (nSPS) is 31.1. The highest BCUT2D eigenvalue weighted by atomic mass is 16.3. The molecule has 0 radical (unpaired) electrons. The molecule has 0 unspecified atom stereocenters. The molecule has 0 aromatic heterocycles. The van der Waals surface area contributed by atoms with Gasteiger partial charge in [-0.15, -0.1) is 0 Å². The minimum Gasteiger partial charge on any atom is -0.368 e. The fourth-order valence-corrected chi connectivity index (χ4v) is 1.58. The van der Waals surface area contributed by atoms with Crippen LogP contribution in [0.1, 0.15) is 46.5 Å². The van der Waals surface area contributed by atoms with Crippen molar-refractivity contribution >= 4 is 0 Å². The Kier molecular flexibility index (Phi) is 3.42. The number of aliphatic hydroxyl groups is 1. The second-order valence-corrected chi connectivity index (χ2v) is 4.62. The first-order valence-corrected chi connectivity index (χ1v) is 5.12. The van der Waals surface area contributed by atoms with Gasteiger partial charge >= 0.3 is 0 Å². The van der Waals surface area contributed by atoms with Crippen molar-refractivity contribution in [2.24, 2.45) is 16.1 Å². The van der Waals surface area contributed by atoms with Crippen LogP contribution in [0.2, 0.25) is 0 Å². The fraction of sp³-hybridized carbons (Fsp3) is 1.00. The van der Waals surface area contributed by atoms with E-state index in [9.17, 15) is 5.11 Å². The quantitative estimate of drug-likeness (QED) is 0.659. The van der Waals surface area contributed by atoms with Crippen LogP contribution in [0, 0.1) is 5.92 Å². The maximum atomic E-state index is 9.34. The molecule has 0 bridgehead atoms. The Morgan fingerprint density at radius 1 is 1.15 bits per heavy atom. The molecule has 1 rings (SSSR count). The largest absolute Gasteiger partial charge is 0.368 e. The van der Waals surface area contributed by atoms with Crippen molar-refractivity contribution in [3.8, 4) is 0 Å². The zero-order valence-electron chi connectivity index (χ0n) is 8.82. The second kappa shape index (κ2) is 4.18. The van der Waals surface area contributed by atoms with Gasteiger partial charge < -0.3 is 5.11 Å². The second-order valence-electron chi connectivity index (χ2n) is 4.62. The molecule has 0 saturated heterocycles. The van der Waals surface area contributed by atoms with Gasteiger partial charge in [0.1, 0.15) is 0 Å². The molecule has 1 fully saturated rings. The number of nitrogens with zero attached hydrogens (tertiary/aromatic N) is 2. The molecule has 0 aliphatic heterocycles. The first kappa shape index (κ1) is 10.6. The predicted octanol–water partition coefficient (Wildman–Crippen LogP) is 2.75. The summed E-state index contributed by atoms with van der Waals surface area (Å²) in [6, 6.07) is 0.350. The van der Waals surface area contributed by atoms with Crippen molar-refractivity contribution in [1.29, 1.82) is 0 Å². The first-order valence-electron chi connectivity index (χ1n) is 5.12. The fourth-order valence-electron chi connectivity index (χ4n) is 1.58. The van der Waals surface area contributed by atoms with Crippen LogP contribution >= 0.6 is 0 Å². The topological polar surface area (TPSA) is 45.0 Å². The monoisotopic (exact) mass is 184 g/mol. The zero-order chi connectivity index (χ0) is 9.90. The number of rotatable bonds is 2. The maximum Gasteiger partial charge on any atom is 0.170 e. The molecule has 3 heteroatoms. The minimum atomic E-state index is -0.997. The lowest BCUT2D eigenvalue weighted by molar-refractivity contribution is 0.0793. The van der Waals surface area contributed by atoms with Crippen LogP contribution in [0.25, 0.3) is 0 Å². The van der Waals surface area contributed by atoms with Crippen molar-refractivity contribution in [2.75, 3.05) is 0 Å². The van der Waals surface area contributed by atoms with E-state index in [0.29, 0.717) is 6.04 Å². The van der Waals surface area contributed by atoms with E-state index < -0.39 is 5.72 Å². The molecular weight excluding hydrogens is 164 g/mol. The lowest BCUT2D eigenvalue weighted by atomic mass is 9.88. The van der Waals surface area contributed by atoms with Gasteiger partial charge in [0.2, 0.25) is 0 Å². The minimum absolute atomic E-state index is 0.350. The van der Waals surface area contributed by atoms with Crippen LogP contribution in [-0.4, -0.2) is 16.9 Å². The van der Waals surface area contributed by atoms with E-state index >= 15 is 0 Å². The van der Waals surface area contributed by atoms with Crippen LogP contribution in [0.5, 0.6) is 0 Å². The van der Waals surface area contributed by atoms with Gasteiger partial charge in [-0.1, -0.05) is 6.92 Å². The van der Waals surface area contributed by atoms with Crippen molar-refractivity contribution < 1.29 is 5.11 Å². The standard InChI is InChI=1S/C10H20N2O/c1-8-4-6-9(7-5-8)11-12-10(2,3)13/h8-9,13H,4-7H2,1-3H3/b12-11+. The Morgan fingerprint density at radius 2 is 1.69 bits per heavy atom. The van der Waals surface area contributed by atoms with Crippen molar-refractivity contribution in [1.82, 2.24) is 0 Å². The molecule has 0 atom stereocenters. The van der Waals surface area contributed by atoms with Gasteiger partial charge in [-0.3, -0.25) is 0 Å². The molecular formula is C10H20N2O. The van der Waals surface area contributed by atoms with Crippen LogP contribution < -0.4 is 0 Å². The van der Waals surface area contributed by atoms with Gasteiger partial charge in [0, 0.05) is 0 Å². The number of hydrogen-bond donors (Lipinski definition) is 1. The van der Waals surface area contributed by atoms with Gasteiger partial charge in [0.15, 0.2) is 5.72 Å². The summed E-state index contributed by atoms with van der Waals surface area (Å²) in [5, 5.41) is 17.4. The first-order chi connectivity index (χ1) is 5.97. The van der Waals surface area contributed by atoms with E-state index in [1.165, 1.54) is 12.8 Å². The SMILES string of the molecule is CC1CCC(/N=N/C(C)(C)O)CC1. The molecule has 76 valence electrons. The molecule has 1 aliphatic rings. The molecule has 0 spiro atoms. The van der Waals surface area contributed by atoms with Crippen molar-refractivity contribution in [3.05, 3.63) is 0 Å². The van der Waals surface area contributed by atoms with Gasteiger partial charge in [0.25, 0.3) is 0 Å². The molecule has 0 aromatic carbocycles. The van der Waals surface area contributed by atoms with E-state index in [1.807, 2.05) is 0 Å². The van der Waals surface area contributed by atoms with Gasteiger partial charge in [-0.05, 0) is 45.4 Å². The maximum absolute atomic E-state index is 9.34. The van der Waals surface area contributed by atoms with Crippen LogP contribution in [0.4, 0.5) is 0 Å². The summed E-state index contributed by atoms with van der Waals surface area (Å²) in [4.78, 5) is 0. The molecule has 0 amide bonds. The average Bonchev–Trinajstić information content (AvgIpc) is 2.02. The Hall–Kier alpha value is -0.440. The Bertz CT molecular complexity index is 176. The van der Waals surface area contributed by atoms with Crippen LogP contribution in [0.3, 0.4) is 0 Å². The number of hydrogen-bond acceptors (Lipinski definition) is 3. The van der Waals surface area contributed by atoms with E-state index in [1.54, 1.807) is 13.8 Å². The highest BCUT2D eigenvalue weighted by molar-refractivity contribution is 4.74. The van der Waals surface area contributed by atoms with E-state index in [4.69, 9.17) is 0 Å². The summed E-state index contributed by atoms with van der Waals surface area (Å²) in [5.74, 6) is 0.841. The lowest BCUT2D eigenvalue weighted by Crippen LogP contribution is -2.18. The molecule has 3 nitrogen and oxygen atoms in total. The summed E-state index contributed by atoms with van der Waals surface area (Å²) >= 11 is 0. The molecule has 1 N–H and O–H groups in total. The van der Waals surface area contributed by atoms with Gasteiger partial charge in [0.05, 0.1) is 6.04 Å². The summed E-state index contributed by atoms with van der Waals surface area (Å²) in [6.45, 7) is 5.59. The molecule has 1 saturated carbocycles. The Balaban J connectivity index is 2.34. The average molecular weight is 184 g/mol. The highest BCUT2D eigenvalue weighted by Gasteiger charge is 2.18. The van der Waals surface area contributed by atoms with Crippen LogP contribution in [0.15, 0.2) is 10.2 Å². The third-order valence-corrected chi connectivity index (χ3v) is 2.45. The smallest absolute Gasteiger partial charge is 0.170 e. The Morgan fingerprint density at radius 3 is 2.15 bits per heavy atom. The Labute approximate surface area is 80.3 Å². The summed E-state index contributed by atoms with van der Waals surface area (Å²) in [6.07, 6.45) is 4.74. The van der Waals surface area contributed by atoms with E-state index in [0.717, 1.165) is 18.8 Å². The summed E-state index contributed by atoms with van der Waals surface area (Å²) in [7, 11) is 0. The predicted molar refractivity (Wildman–Crippen MR) is 52.6 cm³/mol. The highest BCUT2D eigenvalue weighted by Crippen LogP contribution is 2.26. The molecule has 0 heterocycles. The zero-order valence-corrected chi connectivity index (χ0v) is 8.82. The third-order valence-electron chi connectivity index (χ3n) is 2.45. The number of azo groups is 1. The molecule has 13 heavy (non-hydrogen) atoms. The summed E-state index contributed by atoms with van der Waals surface area (Å²) in [5.41, 5.74) is -0.997. The summed E-state index contributed by atoms with van der Waals surface area (Å²) < 4.78 is 0.